The minimum Gasteiger partial charge on any atom is -0.480 e. The summed E-state index contributed by atoms with van der Waals surface area (Å²) in [6.07, 6.45) is 9.71. The van der Waals surface area contributed by atoms with E-state index < -0.39 is 12.0 Å². The molecule has 0 bridgehead atoms. The molecule has 8 heteroatoms. The standard InChI is InChI=1S/C30H40N2O5S/c1-21-8-6-7-11-25(21)27-18-22(12-13-26(27)29(33)31-28(30(34)35)15-17-38-2)19-32-23(14-16-37-32)20-36-24-9-4-3-5-10-24/h6-8,11-13,18,23-24,28H,3-5,9-10,14-17,19-20H2,1-2H3,(H,31,33)(H,34,35)/t23?,28-/m0/s1. The Kier molecular flexibility index (Phi) is 10.6. The van der Waals surface area contributed by atoms with Crippen molar-refractivity contribution in [3.8, 4) is 11.1 Å². The molecule has 2 aliphatic rings. The predicted octanol–water partition coefficient (Wildman–Crippen LogP) is 5.45. The molecule has 1 unspecified atom stereocenters. The molecule has 1 saturated carbocycles. The molecule has 2 atom stereocenters. The van der Waals surface area contributed by atoms with Gasteiger partial charge in [0, 0.05) is 12.1 Å². The van der Waals surface area contributed by atoms with Gasteiger partial charge in [-0.15, -0.1) is 0 Å². The van der Waals surface area contributed by atoms with Gasteiger partial charge in [0.15, 0.2) is 0 Å². The summed E-state index contributed by atoms with van der Waals surface area (Å²) in [5.41, 5.74) is 4.29. The van der Waals surface area contributed by atoms with E-state index in [0.717, 1.165) is 41.5 Å². The maximum atomic E-state index is 13.3. The van der Waals surface area contributed by atoms with Gasteiger partial charge < -0.3 is 15.2 Å². The van der Waals surface area contributed by atoms with E-state index in [1.807, 2.05) is 60.7 Å². The molecule has 4 rings (SSSR count). The van der Waals surface area contributed by atoms with Gasteiger partial charge in [0.2, 0.25) is 0 Å². The molecular weight excluding hydrogens is 500 g/mol. The van der Waals surface area contributed by atoms with Gasteiger partial charge in [0.05, 0.1) is 25.4 Å². The number of carbonyl (C=O) groups excluding carboxylic acids is 1. The number of hydrogen-bond acceptors (Lipinski definition) is 6. The molecule has 1 heterocycles. The third-order valence-electron chi connectivity index (χ3n) is 7.51. The van der Waals surface area contributed by atoms with E-state index in [4.69, 9.17) is 9.57 Å². The highest BCUT2D eigenvalue weighted by Gasteiger charge is 2.28. The largest absolute Gasteiger partial charge is 0.480 e. The number of aryl methyl sites for hydroxylation is 1. The minimum absolute atomic E-state index is 0.203. The predicted molar refractivity (Wildman–Crippen MR) is 151 cm³/mol. The van der Waals surface area contributed by atoms with Crippen LogP contribution in [-0.2, 0) is 20.9 Å². The lowest BCUT2D eigenvalue weighted by molar-refractivity contribution is -0.154. The van der Waals surface area contributed by atoms with Gasteiger partial charge >= 0.3 is 5.97 Å². The van der Waals surface area contributed by atoms with E-state index in [1.54, 1.807) is 11.8 Å². The topological polar surface area (TPSA) is 88.1 Å². The number of hydroxylamine groups is 2. The average molecular weight is 541 g/mol. The third-order valence-corrected chi connectivity index (χ3v) is 8.15. The molecule has 1 amide bonds. The average Bonchev–Trinajstić information content (AvgIpc) is 3.37. The Bertz CT molecular complexity index is 1090. The highest BCUT2D eigenvalue weighted by Crippen LogP contribution is 2.30. The molecule has 1 aliphatic heterocycles. The maximum absolute atomic E-state index is 13.3. The summed E-state index contributed by atoms with van der Waals surface area (Å²) < 4.78 is 6.25. The minimum atomic E-state index is -1.02. The van der Waals surface area contributed by atoms with E-state index >= 15 is 0 Å². The van der Waals surface area contributed by atoms with Crippen LogP contribution in [0.3, 0.4) is 0 Å². The third kappa shape index (κ3) is 7.59. The molecule has 206 valence electrons. The lowest BCUT2D eigenvalue weighted by Crippen LogP contribution is -2.41. The number of carboxylic acids is 1. The van der Waals surface area contributed by atoms with E-state index in [-0.39, 0.29) is 11.9 Å². The van der Waals surface area contributed by atoms with Crippen molar-refractivity contribution in [1.29, 1.82) is 0 Å². The second-order valence-corrected chi connectivity index (χ2v) is 11.3. The SMILES string of the molecule is CSCC[C@H](NC(=O)c1ccc(CN2OCCC2COC2CCCCC2)cc1-c1ccccc1C)C(=O)O. The zero-order chi connectivity index (χ0) is 26.9. The molecule has 2 fully saturated rings. The van der Waals surface area contributed by atoms with Crippen LogP contribution >= 0.6 is 11.8 Å². The van der Waals surface area contributed by atoms with Crippen LogP contribution in [0.5, 0.6) is 0 Å². The molecule has 2 N–H and O–H groups in total. The quantitative estimate of drug-likeness (QED) is 0.370. The van der Waals surface area contributed by atoms with Crippen LogP contribution in [0.2, 0.25) is 0 Å². The first-order chi connectivity index (χ1) is 18.5. The van der Waals surface area contributed by atoms with Crippen LogP contribution in [-0.4, -0.2) is 65.5 Å². The molecule has 7 nitrogen and oxygen atoms in total. The van der Waals surface area contributed by atoms with Crippen molar-refractivity contribution in [1.82, 2.24) is 10.4 Å². The van der Waals surface area contributed by atoms with Crippen molar-refractivity contribution < 1.29 is 24.3 Å². The Morgan fingerprint density at radius 2 is 1.92 bits per heavy atom. The summed E-state index contributed by atoms with van der Waals surface area (Å²) in [7, 11) is 0. The molecule has 2 aromatic rings. The first kappa shape index (κ1) is 28.6. The van der Waals surface area contributed by atoms with Crippen LogP contribution in [0.25, 0.3) is 11.1 Å². The van der Waals surface area contributed by atoms with Gasteiger partial charge in [0.25, 0.3) is 5.91 Å². The number of thioether (sulfide) groups is 1. The molecule has 38 heavy (non-hydrogen) atoms. The molecular formula is C30H40N2O5S. The highest BCUT2D eigenvalue weighted by molar-refractivity contribution is 7.98. The van der Waals surface area contributed by atoms with Gasteiger partial charge in [-0.25, -0.2) is 4.79 Å². The monoisotopic (exact) mass is 540 g/mol. The smallest absolute Gasteiger partial charge is 0.326 e. The lowest BCUT2D eigenvalue weighted by atomic mass is 9.93. The highest BCUT2D eigenvalue weighted by atomic mass is 32.2. The second kappa shape index (κ2) is 14.1. The Hall–Kier alpha value is -2.39. The van der Waals surface area contributed by atoms with Crippen molar-refractivity contribution >= 4 is 23.6 Å². The van der Waals surface area contributed by atoms with Gasteiger partial charge in [0.1, 0.15) is 6.04 Å². The maximum Gasteiger partial charge on any atom is 0.326 e. The van der Waals surface area contributed by atoms with Crippen molar-refractivity contribution in [3.63, 3.8) is 0 Å². The summed E-state index contributed by atoms with van der Waals surface area (Å²) in [5, 5.41) is 14.4. The summed E-state index contributed by atoms with van der Waals surface area (Å²) in [4.78, 5) is 31.1. The summed E-state index contributed by atoms with van der Waals surface area (Å²) in [6, 6.07) is 13.0. The number of ether oxygens (including phenoxy) is 1. The summed E-state index contributed by atoms with van der Waals surface area (Å²) in [5.74, 6) is -0.740. The zero-order valence-corrected chi connectivity index (χ0v) is 23.3. The van der Waals surface area contributed by atoms with Crippen molar-refractivity contribution in [2.75, 3.05) is 25.2 Å². The van der Waals surface area contributed by atoms with Crippen molar-refractivity contribution in [3.05, 3.63) is 59.2 Å². The van der Waals surface area contributed by atoms with E-state index in [0.29, 0.717) is 43.6 Å². The van der Waals surface area contributed by atoms with Crippen molar-refractivity contribution in [2.45, 2.75) is 76.6 Å². The molecule has 0 aromatic heterocycles. The zero-order valence-electron chi connectivity index (χ0n) is 22.5. The van der Waals surface area contributed by atoms with Crippen molar-refractivity contribution in [2.24, 2.45) is 0 Å². The van der Waals surface area contributed by atoms with Gasteiger partial charge in [-0.1, -0.05) is 49.6 Å². The molecule has 2 aromatic carbocycles. The number of benzene rings is 2. The molecule has 1 saturated heterocycles. The number of hydrogen-bond donors (Lipinski definition) is 2. The first-order valence-electron chi connectivity index (χ1n) is 13.7. The van der Waals surface area contributed by atoms with Crippen LogP contribution in [0, 0.1) is 6.92 Å². The normalized spacial score (nSPS) is 19.4. The Morgan fingerprint density at radius 3 is 2.66 bits per heavy atom. The molecule has 0 spiro atoms. The first-order valence-corrected chi connectivity index (χ1v) is 15.1. The van der Waals surface area contributed by atoms with Crippen LogP contribution < -0.4 is 5.32 Å². The van der Waals surface area contributed by atoms with E-state index in [1.165, 1.54) is 19.3 Å². The van der Waals surface area contributed by atoms with Crippen LogP contribution in [0.15, 0.2) is 42.5 Å². The van der Waals surface area contributed by atoms with Gasteiger partial charge in [-0.2, -0.15) is 16.8 Å². The number of amides is 1. The van der Waals surface area contributed by atoms with Crippen LogP contribution in [0.1, 0.15) is 66.4 Å². The molecule has 1 aliphatic carbocycles. The number of rotatable bonds is 12. The Balaban J connectivity index is 1.53. The fourth-order valence-electron chi connectivity index (χ4n) is 5.27. The lowest BCUT2D eigenvalue weighted by Gasteiger charge is -2.27. The summed E-state index contributed by atoms with van der Waals surface area (Å²) >= 11 is 1.56. The summed E-state index contributed by atoms with van der Waals surface area (Å²) in [6.45, 7) is 3.95. The number of aliphatic carboxylic acids is 1. The van der Waals surface area contributed by atoms with E-state index in [2.05, 4.69) is 5.32 Å². The fourth-order valence-corrected chi connectivity index (χ4v) is 5.74. The van der Waals surface area contributed by atoms with Crippen LogP contribution in [0.4, 0.5) is 0 Å². The number of carbonyl (C=O) groups is 2. The Morgan fingerprint density at radius 1 is 1.13 bits per heavy atom. The number of nitrogens with one attached hydrogen (secondary N) is 1. The number of nitrogens with zero attached hydrogens (tertiary/aromatic N) is 1. The van der Waals surface area contributed by atoms with E-state index in [9.17, 15) is 14.7 Å². The fraction of sp³-hybridized carbons (Fsp3) is 0.533. The number of carboxylic acid groups (broad SMARTS) is 1. The van der Waals surface area contributed by atoms with Gasteiger partial charge in [-0.3, -0.25) is 9.63 Å². The second-order valence-electron chi connectivity index (χ2n) is 10.3. The molecule has 0 radical (unpaired) electrons. The Labute approximate surface area is 230 Å². The van der Waals surface area contributed by atoms with Gasteiger partial charge in [-0.05, 0) is 79.0 Å².